The normalized spacial score (nSPS) is 15.4. The van der Waals surface area contributed by atoms with Crippen molar-refractivity contribution in [2.45, 2.75) is 32.0 Å². The van der Waals surface area contributed by atoms with Crippen LogP contribution in [0.25, 0.3) is 11.1 Å². The molecule has 1 unspecified atom stereocenters. The summed E-state index contributed by atoms with van der Waals surface area (Å²) in [5, 5.41) is 17.1. The van der Waals surface area contributed by atoms with Crippen LogP contribution in [0.5, 0.6) is 5.75 Å². The van der Waals surface area contributed by atoms with Crippen LogP contribution in [0, 0.1) is 5.82 Å². The van der Waals surface area contributed by atoms with E-state index < -0.39 is 18.0 Å². The Labute approximate surface area is 236 Å². The number of nitrogens with zero attached hydrogens (tertiary/aromatic N) is 3. The van der Waals surface area contributed by atoms with E-state index in [0.29, 0.717) is 24.2 Å². The van der Waals surface area contributed by atoms with Crippen LogP contribution in [0.3, 0.4) is 0 Å². The standard InChI is InChI=1S/C30H31FN6O4/c1-19(38)32-16-25-18-37(30(39)41-25)23-9-12-26(27(31)14-23)22-7-3-21(4-8-22)15-33-28(29-17-34-36-35-29)13-20-5-10-24(40-2)11-6-20/h3-12,14,17,25,28,33H,13,15-16,18H2,1-2H3,(H,32,38)(H,34,35,36)/t25-,28?/m0/s1. The highest BCUT2D eigenvalue weighted by Crippen LogP contribution is 2.29. The molecule has 10 nitrogen and oxygen atoms in total. The molecule has 0 spiro atoms. The summed E-state index contributed by atoms with van der Waals surface area (Å²) in [6, 6.07) is 20.2. The maximum absolute atomic E-state index is 15.2. The van der Waals surface area contributed by atoms with Crippen molar-refractivity contribution in [3.63, 3.8) is 0 Å². The number of hydrogen-bond donors (Lipinski definition) is 3. The Balaban J connectivity index is 1.22. The van der Waals surface area contributed by atoms with Gasteiger partial charge < -0.3 is 20.1 Å². The summed E-state index contributed by atoms with van der Waals surface area (Å²) in [6.45, 7) is 2.41. The summed E-state index contributed by atoms with van der Waals surface area (Å²) in [4.78, 5) is 24.8. The van der Waals surface area contributed by atoms with Gasteiger partial charge in [-0.15, -0.1) is 0 Å². The Kier molecular flexibility index (Phi) is 8.54. The van der Waals surface area contributed by atoms with Crippen LogP contribution in [0.2, 0.25) is 0 Å². The number of nitrogens with one attached hydrogen (secondary N) is 3. The number of anilines is 1. The maximum Gasteiger partial charge on any atom is 0.414 e. The highest BCUT2D eigenvalue weighted by Gasteiger charge is 2.32. The first-order valence-electron chi connectivity index (χ1n) is 13.2. The first-order valence-corrected chi connectivity index (χ1v) is 13.2. The van der Waals surface area contributed by atoms with Crippen molar-refractivity contribution in [1.82, 2.24) is 26.0 Å². The lowest BCUT2D eigenvalue weighted by atomic mass is 10.0. The molecule has 0 radical (unpaired) electrons. The fourth-order valence-corrected chi connectivity index (χ4v) is 4.70. The Bertz CT molecular complexity index is 1480. The smallest absolute Gasteiger partial charge is 0.414 e. The number of methoxy groups -OCH3 is 1. The molecule has 1 saturated heterocycles. The van der Waals surface area contributed by atoms with E-state index in [0.717, 1.165) is 28.1 Å². The number of halogens is 1. The quantitative estimate of drug-likeness (QED) is 0.253. The number of cyclic esters (lactones) is 1. The van der Waals surface area contributed by atoms with Crippen molar-refractivity contribution in [2.24, 2.45) is 0 Å². The van der Waals surface area contributed by atoms with Gasteiger partial charge in [0, 0.05) is 19.0 Å². The summed E-state index contributed by atoms with van der Waals surface area (Å²) in [5.74, 6) is 0.147. The minimum atomic E-state index is -0.569. The molecule has 0 aliphatic carbocycles. The number of amides is 2. The summed E-state index contributed by atoms with van der Waals surface area (Å²) in [6.07, 6.45) is 1.36. The van der Waals surface area contributed by atoms with Crippen LogP contribution in [0.4, 0.5) is 14.9 Å². The number of carbonyl (C=O) groups is 2. The van der Waals surface area contributed by atoms with Gasteiger partial charge in [-0.05, 0) is 53.4 Å². The molecule has 1 aliphatic rings. The van der Waals surface area contributed by atoms with Crippen molar-refractivity contribution in [3.05, 3.63) is 95.6 Å². The number of hydrogen-bond acceptors (Lipinski definition) is 7. The van der Waals surface area contributed by atoms with Gasteiger partial charge in [-0.2, -0.15) is 15.4 Å². The molecule has 2 amide bonds. The van der Waals surface area contributed by atoms with E-state index in [-0.39, 0.29) is 25.0 Å². The minimum absolute atomic E-state index is 0.0677. The highest BCUT2D eigenvalue weighted by molar-refractivity contribution is 5.90. The molecule has 0 saturated carbocycles. The average molecular weight is 559 g/mol. The molecule has 1 fully saturated rings. The van der Waals surface area contributed by atoms with Gasteiger partial charge >= 0.3 is 6.09 Å². The van der Waals surface area contributed by atoms with E-state index in [2.05, 4.69) is 26.0 Å². The van der Waals surface area contributed by atoms with Gasteiger partial charge in [-0.1, -0.05) is 36.4 Å². The molecule has 41 heavy (non-hydrogen) atoms. The molecule has 11 heteroatoms. The summed E-state index contributed by atoms with van der Waals surface area (Å²) < 4.78 is 25.7. The number of H-pyrrole nitrogens is 1. The van der Waals surface area contributed by atoms with Crippen molar-refractivity contribution in [1.29, 1.82) is 0 Å². The third kappa shape index (κ3) is 6.87. The lowest BCUT2D eigenvalue weighted by molar-refractivity contribution is -0.119. The molecule has 5 rings (SSSR count). The van der Waals surface area contributed by atoms with Crippen LogP contribution in [0.1, 0.15) is 29.8 Å². The lowest BCUT2D eigenvalue weighted by Gasteiger charge is -2.17. The SMILES string of the molecule is COc1ccc(CC(NCc2ccc(-c3ccc(N4C[C@H](CNC(C)=O)OC4=O)cc3F)cc2)c2cn[nH]n2)cc1. The Morgan fingerprint density at radius 2 is 1.90 bits per heavy atom. The summed E-state index contributed by atoms with van der Waals surface area (Å²) in [7, 11) is 1.64. The van der Waals surface area contributed by atoms with E-state index in [4.69, 9.17) is 9.47 Å². The van der Waals surface area contributed by atoms with Crippen molar-refractivity contribution in [3.8, 4) is 16.9 Å². The van der Waals surface area contributed by atoms with Gasteiger partial charge in [0.2, 0.25) is 5.91 Å². The molecule has 0 bridgehead atoms. The van der Waals surface area contributed by atoms with Crippen molar-refractivity contribution >= 4 is 17.7 Å². The molecule has 2 atom stereocenters. The van der Waals surface area contributed by atoms with E-state index in [9.17, 15) is 9.59 Å². The average Bonchev–Trinajstić information content (AvgIpc) is 3.65. The van der Waals surface area contributed by atoms with Gasteiger partial charge in [0.25, 0.3) is 0 Å². The monoisotopic (exact) mass is 558 g/mol. The van der Waals surface area contributed by atoms with Crippen molar-refractivity contribution < 1.29 is 23.5 Å². The topological polar surface area (TPSA) is 121 Å². The van der Waals surface area contributed by atoms with Gasteiger partial charge in [-0.3, -0.25) is 9.69 Å². The zero-order chi connectivity index (χ0) is 28.8. The molecule has 3 N–H and O–H groups in total. The molecule has 212 valence electrons. The number of carbonyl (C=O) groups excluding carboxylic acids is 2. The second kappa shape index (κ2) is 12.6. The molecule has 3 aromatic carbocycles. The van der Waals surface area contributed by atoms with Gasteiger partial charge in [0.1, 0.15) is 17.7 Å². The van der Waals surface area contributed by atoms with Gasteiger partial charge in [-0.25, -0.2) is 9.18 Å². The molecule has 1 aliphatic heterocycles. The summed E-state index contributed by atoms with van der Waals surface area (Å²) >= 11 is 0. The predicted molar refractivity (Wildman–Crippen MR) is 151 cm³/mol. The molecular weight excluding hydrogens is 527 g/mol. The first-order chi connectivity index (χ1) is 19.9. The number of benzene rings is 3. The van der Waals surface area contributed by atoms with E-state index in [1.54, 1.807) is 25.4 Å². The minimum Gasteiger partial charge on any atom is -0.497 e. The van der Waals surface area contributed by atoms with Crippen LogP contribution in [0.15, 0.2) is 72.9 Å². The van der Waals surface area contributed by atoms with E-state index in [1.165, 1.54) is 17.9 Å². The second-order valence-corrected chi connectivity index (χ2v) is 9.80. The Morgan fingerprint density at radius 3 is 2.56 bits per heavy atom. The number of aromatic nitrogens is 3. The van der Waals surface area contributed by atoms with E-state index in [1.807, 2.05) is 48.5 Å². The number of ether oxygens (including phenoxy) is 2. The molecule has 4 aromatic rings. The summed E-state index contributed by atoms with van der Waals surface area (Å²) in [5.41, 5.74) is 4.51. The second-order valence-electron chi connectivity index (χ2n) is 9.80. The van der Waals surface area contributed by atoms with E-state index >= 15 is 4.39 Å². The van der Waals surface area contributed by atoms with Crippen LogP contribution in [-0.4, -0.2) is 53.7 Å². The third-order valence-corrected chi connectivity index (χ3v) is 6.92. The maximum atomic E-state index is 15.2. The Morgan fingerprint density at radius 1 is 1.15 bits per heavy atom. The lowest BCUT2D eigenvalue weighted by Crippen LogP contribution is -2.33. The molecular formula is C30H31FN6O4. The van der Waals surface area contributed by atoms with Crippen LogP contribution in [-0.2, 0) is 22.5 Å². The third-order valence-electron chi connectivity index (χ3n) is 6.92. The van der Waals surface area contributed by atoms with Crippen LogP contribution < -0.4 is 20.3 Å². The van der Waals surface area contributed by atoms with Gasteiger partial charge in [0.05, 0.1) is 43.8 Å². The largest absolute Gasteiger partial charge is 0.497 e. The zero-order valence-electron chi connectivity index (χ0n) is 22.8. The fourth-order valence-electron chi connectivity index (χ4n) is 4.70. The van der Waals surface area contributed by atoms with Crippen molar-refractivity contribution in [2.75, 3.05) is 25.1 Å². The highest BCUT2D eigenvalue weighted by atomic mass is 19.1. The Hall–Kier alpha value is -4.77. The fraction of sp³-hybridized carbons (Fsp3) is 0.267. The number of aromatic amines is 1. The molecule has 2 heterocycles. The first kappa shape index (κ1) is 27.8. The number of rotatable bonds is 11. The zero-order valence-corrected chi connectivity index (χ0v) is 22.8. The van der Waals surface area contributed by atoms with Gasteiger partial charge in [0.15, 0.2) is 0 Å². The predicted octanol–water partition coefficient (Wildman–Crippen LogP) is 4.15. The molecule has 1 aromatic heterocycles. The van der Waals surface area contributed by atoms with Crippen LogP contribution >= 0.6 is 0 Å².